The first-order chi connectivity index (χ1) is 12.2. The highest BCUT2D eigenvalue weighted by molar-refractivity contribution is 14.0. The Morgan fingerprint density at radius 1 is 1.04 bits per heavy atom. The molecular weight excluding hydrogens is 457 g/mol. The van der Waals surface area contributed by atoms with Crippen LogP contribution in [-0.2, 0) is 11.2 Å². The van der Waals surface area contributed by atoms with E-state index >= 15 is 0 Å². The molecule has 0 heterocycles. The predicted molar refractivity (Wildman–Crippen MR) is 123 cm³/mol. The number of amides is 1. The molecule has 0 aliphatic heterocycles. The Bertz CT molecular complexity index is 583. The number of nitrogens with one attached hydrogen (secondary N) is 3. The first-order valence-electron chi connectivity index (χ1n) is 8.89. The van der Waals surface area contributed by atoms with Crippen molar-refractivity contribution in [3.05, 3.63) is 29.8 Å². The Labute approximate surface area is 180 Å². The monoisotopic (exact) mass is 491 g/mol. The van der Waals surface area contributed by atoms with Crippen LogP contribution in [0.3, 0.4) is 0 Å². The number of ether oxygens (including phenoxy) is 1. The van der Waals surface area contributed by atoms with Gasteiger partial charge in [0, 0.05) is 46.5 Å². The molecule has 8 heteroatoms. The van der Waals surface area contributed by atoms with E-state index in [1.165, 1.54) is 11.3 Å². The van der Waals surface area contributed by atoms with Crippen LogP contribution in [0.1, 0.15) is 26.3 Å². The Balaban J connectivity index is 0.00000676. The number of rotatable bonds is 7. The lowest BCUT2D eigenvalue weighted by atomic mass is 10.1. The SMILES string of the molecule is CN=C(NCCNC(=O)OC(C)(C)C)NCCc1ccc(N(C)C)cc1.I. The number of anilines is 1. The molecule has 0 unspecified atom stereocenters. The number of benzene rings is 1. The molecule has 0 bridgehead atoms. The normalized spacial score (nSPS) is 11.3. The number of aliphatic imine (C=N–C) groups is 1. The van der Waals surface area contributed by atoms with Crippen LogP contribution in [0.4, 0.5) is 10.5 Å². The summed E-state index contributed by atoms with van der Waals surface area (Å²) >= 11 is 0. The molecule has 1 aromatic rings. The first-order valence-corrected chi connectivity index (χ1v) is 8.89. The molecule has 0 saturated carbocycles. The lowest BCUT2D eigenvalue weighted by molar-refractivity contribution is 0.0529. The van der Waals surface area contributed by atoms with Gasteiger partial charge < -0.3 is 25.6 Å². The van der Waals surface area contributed by atoms with Crippen LogP contribution >= 0.6 is 24.0 Å². The molecule has 0 spiro atoms. The molecule has 0 saturated heterocycles. The highest BCUT2D eigenvalue weighted by Crippen LogP contribution is 2.12. The van der Waals surface area contributed by atoms with Crippen LogP contribution < -0.4 is 20.9 Å². The number of nitrogens with zero attached hydrogens (tertiary/aromatic N) is 2. The molecule has 1 amide bonds. The van der Waals surface area contributed by atoms with Crippen molar-refractivity contribution >= 4 is 41.7 Å². The van der Waals surface area contributed by atoms with Crippen LogP contribution in [-0.4, -0.2) is 58.4 Å². The number of carbonyl (C=O) groups excluding carboxylic acids is 1. The van der Waals surface area contributed by atoms with Gasteiger partial charge in [-0.25, -0.2) is 4.79 Å². The van der Waals surface area contributed by atoms with Crippen molar-refractivity contribution in [2.45, 2.75) is 32.8 Å². The maximum atomic E-state index is 11.6. The van der Waals surface area contributed by atoms with Gasteiger partial charge in [-0.1, -0.05) is 12.1 Å². The predicted octanol–water partition coefficient (Wildman–Crippen LogP) is 2.60. The van der Waals surface area contributed by atoms with Gasteiger partial charge in [0.1, 0.15) is 5.60 Å². The Morgan fingerprint density at radius 3 is 2.11 bits per heavy atom. The van der Waals surface area contributed by atoms with Gasteiger partial charge in [-0.2, -0.15) is 0 Å². The lowest BCUT2D eigenvalue weighted by Crippen LogP contribution is -2.42. The summed E-state index contributed by atoms with van der Waals surface area (Å²) in [4.78, 5) is 17.8. The molecule has 3 N–H and O–H groups in total. The molecule has 0 fully saturated rings. The van der Waals surface area contributed by atoms with E-state index in [4.69, 9.17) is 4.74 Å². The minimum atomic E-state index is -0.486. The summed E-state index contributed by atoms with van der Waals surface area (Å²) in [5, 5.41) is 9.13. The average molecular weight is 491 g/mol. The highest BCUT2D eigenvalue weighted by atomic mass is 127. The molecule has 0 aliphatic carbocycles. The van der Waals surface area contributed by atoms with E-state index in [1.54, 1.807) is 7.05 Å². The van der Waals surface area contributed by atoms with E-state index in [1.807, 2.05) is 34.9 Å². The minimum Gasteiger partial charge on any atom is -0.444 e. The van der Waals surface area contributed by atoms with Crippen LogP contribution in [0.25, 0.3) is 0 Å². The van der Waals surface area contributed by atoms with Crippen LogP contribution in [0.2, 0.25) is 0 Å². The van der Waals surface area contributed by atoms with Gasteiger partial charge in [-0.05, 0) is 44.9 Å². The van der Waals surface area contributed by atoms with Crippen molar-refractivity contribution in [1.29, 1.82) is 0 Å². The molecule has 0 aromatic heterocycles. The Morgan fingerprint density at radius 2 is 1.59 bits per heavy atom. The summed E-state index contributed by atoms with van der Waals surface area (Å²) < 4.78 is 5.18. The van der Waals surface area contributed by atoms with Crippen LogP contribution in [0.15, 0.2) is 29.3 Å². The highest BCUT2D eigenvalue weighted by Gasteiger charge is 2.15. The number of halogens is 1. The third-order valence-electron chi connectivity index (χ3n) is 3.47. The Hall–Kier alpha value is -1.71. The summed E-state index contributed by atoms with van der Waals surface area (Å²) in [6, 6.07) is 8.51. The fourth-order valence-electron chi connectivity index (χ4n) is 2.17. The van der Waals surface area contributed by atoms with Gasteiger partial charge in [0.25, 0.3) is 0 Å². The van der Waals surface area contributed by atoms with Gasteiger partial charge >= 0.3 is 6.09 Å². The quantitative estimate of drug-likeness (QED) is 0.237. The number of alkyl carbamates (subject to hydrolysis) is 1. The number of carbonyl (C=O) groups is 1. The van der Waals surface area contributed by atoms with Gasteiger partial charge in [-0.3, -0.25) is 4.99 Å². The maximum absolute atomic E-state index is 11.6. The second-order valence-electron chi connectivity index (χ2n) is 7.17. The van der Waals surface area contributed by atoms with Crippen LogP contribution in [0, 0.1) is 0 Å². The van der Waals surface area contributed by atoms with Crippen molar-refractivity contribution in [2.75, 3.05) is 45.7 Å². The van der Waals surface area contributed by atoms with Gasteiger partial charge in [0.05, 0.1) is 0 Å². The molecule has 1 rings (SSSR count). The number of guanidine groups is 1. The summed E-state index contributed by atoms with van der Waals surface area (Å²) in [6.07, 6.45) is 0.494. The number of hydrogen-bond acceptors (Lipinski definition) is 4. The zero-order valence-corrected chi connectivity index (χ0v) is 19.6. The molecule has 0 radical (unpaired) electrons. The van der Waals surface area contributed by atoms with E-state index in [2.05, 4.69) is 50.1 Å². The zero-order chi connectivity index (χ0) is 19.6. The Kier molecular flexibility index (Phi) is 11.8. The molecule has 1 aromatic carbocycles. The lowest BCUT2D eigenvalue weighted by Gasteiger charge is -2.20. The second-order valence-corrected chi connectivity index (χ2v) is 7.17. The summed E-state index contributed by atoms with van der Waals surface area (Å²) in [7, 11) is 5.79. The topological polar surface area (TPSA) is 78.0 Å². The van der Waals surface area contributed by atoms with E-state index in [-0.39, 0.29) is 24.0 Å². The summed E-state index contributed by atoms with van der Waals surface area (Å²) in [5.74, 6) is 0.709. The van der Waals surface area contributed by atoms with Crippen LogP contribution in [0.5, 0.6) is 0 Å². The van der Waals surface area contributed by atoms with Crippen molar-refractivity contribution < 1.29 is 9.53 Å². The standard InChI is InChI=1S/C19H33N5O2.HI/c1-19(2,3)26-18(25)23-14-13-22-17(20-4)21-12-11-15-7-9-16(10-8-15)24(5)6;/h7-10H,11-14H2,1-6H3,(H,23,25)(H2,20,21,22);1H. The fraction of sp³-hybridized carbons (Fsp3) is 0.579. The molecule has 7 nitrogen and oxygen atoms in total. The summed E-state index contributed by atoms with van der Waals surface area (Å²) in [6.45, 7) is 7.32. The first kappa shape index (κ1) is 25.3. The molecule has 27 heavy (non-hydrogen) atoms. The third kappa shape index (κ3) is 11.6. The van der Waals surface area contributed by atoms with Gasteiger partial charge in [0.2, 0.25) is 0 Å². The van der Waals surface area contributed by atoms with E-state index in [0.717, 1.165) is 13.0 Å². The van der Waals surface area contributed by atoms with E-state index in [9.17, 15) is 4.79 Å². The third-order valence-corrected chi connectivity index (χ3v) is 3.47. The van der Waals surface area contributed by atoms with E-state index in [0.29, 0.717) is 19.0 Å². The molecular formula is C19H34IN5O2. The average Bonchev–Trinajstić information content (AvgIpc) is 2.55. The van der Waals surface area contributed by atoms with Crippen molar-refractivity contribution in [1.82, 2.24) is 16.0 Å². The van der Waals surface area contributed by atoms with Gasteiger partial charge in [-0.15, -0.1) is 24.0 Å². The summed E-state index contributed by atoms with van der Waals surface area (Å²) in [5.41, 5.74) is 1.97. The maximum Gasteiger partial charge on any atom is 0.407 e. The minimum absolute atomic E-state index is 0. The van der Waals surface area contributed by atoms with Crippen molar-refractivity contribution in [2.24, 2.45) is 4.99 Å². The van der Waals surface area contributed by atoms with Crippen molar-refractivity contribution in [3.8, 4) is 0 Å². The smallest absolute Gasteiger partial charge is 0.407 e. The molecule has 0 aliphatic rings. The van der Waals surface area contributed by atoms with Gasteiger partial charge in [0.15, 0.2) is 5.96 Å². The number of hydrogen-bond donors (Lipinski definition) is 3. The van der Waals surface area contributed by atoms with E-state index < -0.39 is 11.7 Å². The fourth-order valence-corrected chi connectivity index (χ4v) is 2.17. The zero-order valence-electron chi connectivity index (χ0n) is 17.3. The molecule has 154 valence electrons. The molecule has 0 atom stereocenters. The second kappa shape index (κ2) is 12.6. The van der Waals surface area contributed by atoms with Crippen molar-refractivity contribution in [3.63, 3.8) is 0 Å². The largest absolute Gasteiger partial charge is 0.444 e.